The lowest BCUT2D eigenvalue weighted by Gasteiger charge is -2.15. The molecule has 0 radical (unpaired) electrons. The first-order valence-corrected chi connectivity index (χ1v) is 7.59. The summed E-state index contributed by atoms with van der Waals surface area (Å²) in [5.41, 5.74) is 0.428. The second kappa shape index (κ2) is 7.88. The molecule has 6 heteroatoms. The average Bonchev–Trinajstić information content (AvgIpc) is 2.59. The molecule has 2 rings (SSSR count). The molecule has 1 unspecified atom stereocenters. The van der Waals surface area contributed by atoms with Gasteiger partial charge in [0.05, 0.1) is 18.7 Å². The standard InChI is InChI=1S/C19H18F3NO2/c1-13(15-6-4-7-16(12-15)19(20,21)22)23-18(24)10-9-14-5-3-8-17(11-14)25-2/h3-13H,1-2H3,(H,23,24)/b10-9+. The molecule has 3 nitrogen and oxygen atoms in total. The van der Waals surface area contributed by atoms with Crippen molar-refractivity contribution in [1.82, 2.24) is 5.32 Å². The Morgan fingerprint density at radius 1 is 1.16 bits per heavy atom. The Bertz CT molecular complexity index is 769. The van der Waals surface area contributed by atoms with Crippen molar-refractivity contribution in [2.45, 2.75) is 19.1 Å². The maximum absolute atomic E-state index is 12.8. The van der Waals surface area contributed by atoms with E-state index in [2.05, 4.69) is 5.32 Å². The van der Waals surface area contributed by atoms with Gasteiger partial charge in [0.1, 0.15) is 5.75 Å². The number of benzene rings is 2. The number of amides is 1. The second-order valence-corrected chi connectivity index (χ2v) is 5.46. The molecule has 132 valence electrons. The van der Waals surface area contributed by atoms with Crippen LogP contribution in [0, 0.1) is 0 Å². The van der Waals surface area contributed by atoms with E-state index in [0.717, 1.165) is 17.7 Å². The third-order valence-electron chi connectivity index (χ3n) is 3.59. The number of halogens is 3. The Hall–Kier alpha value is -2.76. The molecule has 0 spiro atoms. The summed E-state index contributed by atoms with van der Waals surface area (Å²) in [6.07, 6.45) is -1.47. The highest BCUT2D eigenvalue weighted by atomic mass is 19.4. The first-order valence-electron chi connectivity index (χ1n) is 7.59. The van der Waals surface area contributed by atoms with Gasteiger partial charge < -0.3 is 10.1 Å². The molecule has 0 saturated heterocycles. The molecule has 2 aromatic rings. The van der Waals surface area contributed by atoms with E-state index < -0.39 is 23.7 Å². The number of carbonyl (C=O) groups is 1. The lowest BCUT2D eigenvalue weighted by atomic mass is 10.0. The van der Waals surface area contributed by atoms with Gasteiger partial charge in [-0.25, -0.2) is 0 Å². The van der Waals surface area contributed by atoms with Crippen molar-refractivity contribution < 1.29 is 22.7 Å². The van der Waals surface area contributed by atoms with E-state index in [4.69, 9.17) is 4.74 Å². The van der Waals surface area contributed by atoms with E-state index >= 15 is 0 Å². The number of alkyl halides is 3. The van der Waals surface area contributed by atoms with E-state index in [-0.39, 0.29) is 0 Å². The van der Waals surface area contributed by atoms with E-state index in [1.165, 1.54) is 12.1 Å². The summed E-state index contributed by atoms with van der Waals surface area (Å²) in [6.45, 7) is 1.63. The topological polar surface area (TPSA) is 38.3 Å². The Balaban J connectivity index is 2.03. The molecule has 1 atom stereocenters. The fourth-order valence-corrected chi connectivity index (χ4v) is 2.25. The number of methoxy groups -OCH3 is 1. The number of ether oxygens (including phenoxy) is 1. The smallest absolute Gasteiger partial charge is 0.416 e. The van der Waals surface area contributed by atoms with Crippen LogP contribution in [-0.2, 0) is 11.0 Å². The minimum absolute atomic E-state index is 0.387. The van der Waals surface area contributed by atoms with Crippen molar-refractivity contribution in [1.29, 1.82) is 0 Å². The summed E-state index contributed by atoms with van der Waals surface area (Å²) in [5, 5.41) is 2.65. The van der Waals surface area contributed by atoms with Crippen LogP contribution in [0.5, 0.6) is 5.75 Å². The van der Waals surface area contributed by atoms with E-state index in [1.54, 1.807) is 44.4 Å². The Labute approximate surface area is 144 Å². The van der Waals surface area contributed by atoms with Crippen molar-refractivity contribution in [3.05, 3.63) is 71.3 Å². The number of carbonyl (C=O) groups excluding carboxylic acids is 1. The molecular weight excluding hydrogens is 331 g/mol. The Morgan fingerprint density at radius 3 is 2.56 bits per heavy atom. The minimum Gasteiger partial charge on any atom is -0.497 e. The number of nitrogens with one attached hydrogen (secondary N) is 1. The van der Waals surface area contributed by atoms with Gasteiger partial charge >= 0.3 is 6.18 Å². The van der Waals surface area contributed by atoms with Crippen LogP contribution in [0.2, 0.25) is 0 Å². The largest absolute Gasteiger partial charge is 0.497 e. The Kier molecular flexibility index (Phi) is 5.85. The van der Waals surface area contributed by atoms with Crippen LogP contribution in [-0.4, -0.2) is 13.0 Å². The molecule has 1 N–H and O–H groups in total. The highest BCUT2D eigenvalue weighted by Crippen LogP contribution is 2.30. The summed E-state index contributed by atoms with van der Waals surface area (Å²) in [6, 6.07) is 11.5. The van der Waals surface area contributed by atoms with Gasteiger partial charge in [0.2, 0.25) is 5.91 Å². The molecular formula is C19H18F3NO2. The lowest BCUT2D eigenvalue weighted by Crippen LogP contribution is -2.24. The Morgan fingerprint density at radius 2 is 1.88 bits per heavy atom. The van der Waals surface area contributed by atoms with Gasteiger partial charge in [0, 0.05) is 6.08 Å². The van der Waals surface area contributed by atoms with Crippen molar-refractivity contribution >= 4 is 12.0 Å². The zero-order valence-corrected chi connectivity index (χ0v) is 13.8. The monoisotopic (exact) mass is 349 g/mol. The highest BCUT2D eigenvalue weighted by Gasteiger charge is 2.30. The summed E-state index contributed by atoms with van der Waals surface area (Å²) < 4.78 is 43.4. The fraction of sp³-hybridized carbons (Fsp3) is 0.211. The number of hydrogen-bond acceptors (Lipinski definition) is 2. The van der Waals surface area contributed by atoms with Crippen molar-refractivity contribution in [2.75, 3.05) is 7.11 Å². The predicted octanol–water partition coefficient (Wildman–Crippen LogP) is 4.60. The van der Waals surface area contributed by atoms with Gasteiger partial charge in [-0.2, -0.15) is 13.2 Å². The predicted molar refractivity (Wildman–Crippen MR) is 90.0 cm³/mol. The zero-order valence-electron chi connectivity index (χ0n) is 13.8. The van der Waals surface area contributed by atoms with Crippen LogP contribution in [0.15, 0.2) is 54.6 Å². The average molecular weight is 349 g/mol. The van der Waals surface area contributed by atoms with Gasteiger partial charge in [-0.05, 0) is 48.4 Å². The maximum atomic E-state index is 12.8. The molecule has 25 heavy (non-hydrogen) atoms. The fourth-order valence-electron chi connectivity index (χ4n) is 2.25. The summed E-state index contributed by atoms with van der Waals surface area (Å²) in [7, 11) is 1.55. The van der Waals surface area contributed by atoms with Crippen LogP contribution in [0.3, 0.4) is 0 Å². The summed E-state index contributed by atoms with van der Waals surface area (Å²) in [5.74, 6) is 0.271. The van der Waals surface area contributed by atoms with Gasteiger partial charge in [-0.1, -0.05) is 24.3 Å². The van der Waals surface area contributed by atoms with Gasteiger partial charge in [-0.3, -0.25) is 4.79 Å². The van der Waals surface area contributed by atoms with Crippen LogP contribution < -0.4 is 10.1 Å². The molecule has 2 aromatic carbocycles. The molecule has 0 bridgehead atoms. The van der Waals surface area contributed by atoms with E-state index in [0.29, 0.717) is 11.3 Å². The summed E-state index contributed by atoms with van der Waals surface area (Å²) in [4.78, 5) is 12.0. The molecule has 0 aromatic heterocycles. The van der Waals surface area contributed by atoms with Crippen LogP contribution in [0.4, 0.5) is 13.2 Å². The molecule has 0 fully saturated rings. The van der Waals surface area contributed by atoms with Crippen molar-refractivity contribution in [3.8, 4) is 5.75 Å². The summed E-state index contributed by atoms with van der Waals surface area (Å²) >= 11 is 0. The zero-order chi connectivity index (χ0) is 18.4. The van der Waals surface area contributed by atoms with Gasteiger partial charge in [-0.15, -0.1) is 0 Å². The highest BCUT2D eigenvalue weighted by molar-refractivity contribution is 5.92. The number of rotatable bonds is 5. The third kappa shape index (κ3) is 5.38. The van der Waals surface area contributed by atoms with Crippen molar-refractivity contribution in [3.63, 3.8) is 0 Å². The first kappa shape index (κ1) is 18.6. The maximum Gasteiger partial charge on any atom is 0.416 e. The third-order valence-corrected chi connectivity index (χ3v) is 3.59. The molecule has 0 aliphatic carbocycles. The van der Waals surface area contributed by atoms with Crippen molar-refractivity contribution in [2.24, 2.45) is 0 Å². The first-order chi connectivity index (χ1) is 11.8. The van der Waals surface area contributed by atoms with Gasteiger partial charge in [0.25, 0.3) is 0 Å². The molecule has 1 amide bonds. The SMILES string of the molecule is COc1cccc(/C=C/C(=O)NC(C)c2cccc(C(F)(F)F)c2)c1. The van der Waals surface area contributed by atoms with E-state index in [1.807, 2.05) is 6.07 Å². The molecule has 0 aliphatic heterocycles. The quantitative estimate of drug-likeness (QED) is 0.801. The molecule has 0 saturated carbocycles. The lowest BCUT2D eigenvalue weighted by molar-refractivity contribution is -0.137. The minimum atomic E-state index is -4.41. The normalized spacial score (nSPS) is 12.8. The second-order valence-electron chi connectivity index (χ2n) is 5.46. The number of hydrogen-bond donors (Lipinski definition) is 1. The van der Waals surface area contributed by atoms with Crippen LogP contribution in [0.1, 0.15) is 29.7 Å². The van der Waals surface area contributed by atoms with Crippen LogP contribution in [0.25, 0.3) is 6.08 Å². The van der Waals surface area contributed by atoms with Crippen LogP contribution >= 0.6 is 0 Å². The van der Waals surface area contributed by atoms with E-state index in [9.17, 15) is 18.0 Å². The molecule has 0 aliphatic rings. The molecule has 0 heterocycles. The van der Waals surface area contributed by atoms with Gasteiger partial charge in [0.15, 0.2) is 0 Å².